The van der Waals surface area contributed by atoms with Crippen molar-refractivity contribution in [2.75, 3.05) is 0 Å². The quantitative estimate of drug-likeness (QED) is 0.381. The van der Waals surface area contributed by atoms with Crippen molar-refractivity contribution in [3.8, 4) is 0 Å². The molecule has 0 fully saturated rings. The van der Waals surface area contributed by atoms with Gasteiger partial charge in [-0.2, -0.15) is 0 Å². The fraction of sp³-hybridized carbons (Fsp3) is 0. The molecular weight excluding hydrogens is 263 g/mol. The van der Waals surface area contributed by atoms with Gasteiger partial charge >= 0.3 is 29.6 Å². The minimum Gasteiger partial charge on any atom is -1.00 e. The Morgan fingerprint density at radius 2 is 0.500 bits per heavy atom. The molecule has 0 spiro atoms. The Morgan fingerprint density at radius 3 is 0.500 bits per heavy atom. The summed E-state index contributed by atoms with van der Waals surface area (Å²) in [7, 11) is 0. The molecule has 0 N–H and O–H groups in total. The van der Waals surface area contributed by atoms with Gasteiger partial charge < -0.3 is 50.9 Å². The topological polar surface area (TPSA) is 0 Å². The van der Waals surface area contributed by atoms with E-state index in [1.165, 1.54) is 0 Å². The molecule has 0 saturated heterocycles. The second-order valence-corrected chi connectivity index (χ2v) is 0. The van der Waals surface area contributed by atoms with E-state index in [2.05, 4.69) is 0 Å². The monoisotopic (exact) mass is 260 g/mol. The number of hydrogen-bond donors (Lipinski definition) is 0. The van der Waals surface area contributed by atoms with Gasteiger partial charge in [0.05, 0.1) is 0 Å². The molecule has 0 heterocycles. The third kappa shape index (κ3) is 8.83. The molecule has 0 aliphatic rings. The van der Waals surface area contributed by atoms with Crippen LogP contribution < -0.4 is 80.5 Å². The van der Waals surface area contributed by atoms with Crippen molar-refractivity contribution < 1.29 is 80.5 Å². The molecule has 0 atom stereocenters. The molecule has 0 aromatic carbocycles. The predicted octanol–water partition coefficient (Wildman–Crippen LogP) is -12.0. The average Bonchev–Trinajstić information content (AvgIpc) is 0. The van der Waals surface area contributed by atoms with E-state index in [0.717, 1.165) is 0 Å². The van der Waals surface area contributed by atoms with E-state index in [1.807, 2.05) is 0 Å². The third-order valence-corrected chi connectivity index (χ3v) is 0. The first-order valence-electron chi connectivity index (χ1n) is 0. The van der Waals surface area contributed by atoms with Crippen molar-refractivity contribution in [3.63, 3.8) is 0 Å². The van der Waals surface area contributed by atoms with Gasteiger partial charge in [-0.15, -0.1) is 0 Å². The molecule has 0 bridgehead atoms. The molecule has 0 aromatic rings. The van der Waals surface area contributed by atoms with Gasteiger partial charge in [0.25, 0.3) is 0 Å². The minimum atomic E-state index is 0. The second-order valence-electron chi connectivity index (χ2n) is 0. The average molecular weight is 263 g/mol. The van der Waals surface area contributed by atoms with E-state index < -0.39 is 0 Å². The van der Waals surface area contributed by atoms with Crippen molar-refractivity contribution >= 4 is 0 Å². The van der Waals surface area contributed by atoms with Gasteiger partial charge in [-0.25, -0.2) is 0 Å². The second kappa shape index (κ2) is 18.0. The molecule has 0 aliphatic heterocycles. The standard InChI is InChI=1S/3BrH.Na/h3*1H;/q;;;+1/p-3. The molecule has 4 heteroatoms. The summed E-state index contributed by atoms with van der Waals surface area (Å²) < 4.78 is 0. The van der Waals surface area contributed by atoms with Crippen molar-refractivity contribution in [2.24, 2.45) is 0 Å². The van der Waals surface area contributed by atoms with Crippen LogP contribution in [0.15, 0.2) is 0 Å². The first-order chi connectivity index (χ1) is 0. The van der Waals surface area contributed by atoms with Crippen LogP contribution in [0.25, 0.3) is 0 Å². The number of halogens is 3. The van der Waals surface area contributed by atoms with Gasteiger partial charge in [0.2, 0.25) is 0 Å². The molecule has 0 amide bonds. The SMILES string of the molecule is [Br-].[Br-].[Br-].[Na+]. The first kappa shape index (κ1) is 32.0. The number of hydrogen-bond acceptors (Lipinski definition) is 0. The van der Waals surface area contributed by atoms with Crippen LogP contribution in [0.1, 0.15) is 0 Å². The van der Waals surface area contributed by atoms with Gasteiger partial charge in [-0.3, -0.25) is 0 Å². The Morgan fingerprint density at radius 1 is 0.500 bits per heavy atom. The first-order valence-corrected chi connectivity index (χ1v) is 0. The zero-order chi connectivity index (χ0) is 0. The van der Waals surface area contributed by atoms with Crippen LogP contribution in [0, 0.1) is 0 Å². The Hall–Kier alpha value is 2.44. The van der Waals surface area contributed by atoms with Crippen molar-refractivity contribution in [1.29, 1.82) is 0 Å². The number of rotatable bonds is 0. The Labute approximate surface area is 79.3 Å². The third-order valence-electron chi connectivity index (χ3n) is 0. The van der Waals surface area contributed by atoms with Crippen LogP contribution in [0.5, 0.6) is 0 Å². The van der Waals surface area contributed by atoms with Crippen LogP contribution in [0.3, 0.4) is 0 Å². The van der Waals surface area contributed by atoms with Crippen LogP contribution in [0.2, 0.25) is 0 Å². The maximum Gasteiger partial charge on any atom is 1.00 e. The summed E-state index contributed by atoms with van der Waals surface area (Å²) in [6.45, 7) is 0. The smallest absolute Gasteiger partial charge is 1.00 e. The molecule has 0 aliphatic carbocycles. The molecule has 0 aromatic heterocycles. The molecule has 0 rings (SSSR count). The fourth-order valence-corrected chi connectivity index (χ4v) is 0. The van der Waals surface area contributed by atoms with E-state index in [-0.39, 0.29) is 80.5 Å². The van der Waals surface area contributed by atoms with Crippen LogP contribution in [-0.2, 0) is 0 Å². The normalized spacial score (nSPS) is 0. The Bertz CT molecular complexity index is 3.25. The van der Waals surface area contributed by atoms with Crippen molar-refractivity contribution in [1.82, 2.24) is 0 Å². The van der Waals surface area contributed by atoms with Crippen LogP contribution in [0.4, 0.5) is 0 Å². The van der Waals surface area contributed by atoms with Crippen LogP contribution >= 0.6 is 0 Å². The van der Waals surface area contributed by atoms with Gasteiger partial charge in [0.1, 0.15) is 0 Å². The molecule has 0 saturated carbocycles. The predicted molar refractivity (Wildman–Crippen MR) is 0 cm³/mol. The van der Waals surface area contributed by atoms with E-state index in [1.54, 1.807) is 0 Å². The Balaban J connectivity index is 0. The summed E-state index contributed by atoms with van der Waals surface area (Å²) in [6.07, 6.45) is 0. The minimum absolute atomic E-state index is 0. The Kier molecular flexibility index (Phi) is 144. The zero-order valence-corrected chi connectivity index (χ0v) is 8.89. The van der Waals surface area contributed by atoms with Crippen molar-refractivity contribution in [2.45, 2.75) is 0 Å². The molecule has 0 unspecified atom stereocenters. The molecular formula is Br3Na-2. The fourth-order valence-electron chi connectivity index (χ4n) is 0. The van der Waals surface area contributed by atoms with Gasteiger partial charge in [0, 0.05) is 0 Å². The van der Waals surface area contributed by atoms with Crippen molar-refractivity contribution in [3.05, 3.63) is 0 Å². The zero-order valence-electron chi connectivity index (χ0n) is 2.13. The summed E-state index contributed by atoms with van der Waals surface area (Å²) in [5, 5.41) is 0. The van der Waals surface area contributed by atoms with E-state index >= 15 is 0 Å². The largest absolute Gasteiger partial charge is 1.00 e. The summed E-state index contributed by atoms with van der Waals surface area (Å²) >= 11 is 0. The summed E-state index contributed by atoms with van der Waals surface area (Å²) in [5.74, 6) is 0. The molecule has 24 valence electrons. The summed E-state index contributed by atoms with van der Waals surface area (Å²) in [5.41, 5.74) is 0. The molecule has 0 nitrogen and oxygen atoms in total. The van der Waals surface area contributed by atoms with E-state index in [4.69, 9.17) is 0 Å². The van der Waals surface area contributed by atoms with E-state index in [0.29, 0.717) is 0 Å². The summed E-state index contributed by atoms with van der Waals surface area (Å²) in [4.78, 5) is 0. The maximum atomic E-state index is 0. The molecule has 4 heavy (non-hydrogen) atoms. The van der Waals surface area contributed by atoms with Crippen LogP contribution in [-0.4, -0.2) is 0 Å². The van der Waals surface area contributed by atoms with E-state index in [9.17, 15) is 0 Å². The van der Waals surface area contributed by atoms with Gasteiger partial charge in [0.15, 0.2) is 0 Å². The van der Waals surface area contributed by atoms with Gasteiger partial charge in [-0.1, -0.05) is 0 Å². The maximum absolute atomic E-state index is 0. The summed E-state index contributed by atoms with van der Waals surface area (Å²) in [6, 6.07) is 0. The van der Waals surface area contributed by atoms with Gasteiger partial charge in [-0.05, 0) is 0 Å². The molecule has 0 radical (unpaired) electrons.